The summed E-state index contributed by atoms with van der Waals surface area (Å²) < 4.78 is 7.56. The van der Waals surface area contributed by atoms with E-state index in [0.717, 1.165) is 15.7 Å². The van der Waals surface area contributed by atoms with Gasteiger partial charge in [0.05, 0.1) is 25.5 Å². The van der Waals surface area contributed by atoms with Crippen LogP contribution in [-0.2, 0) is 17.9 Å². The molecule has 2 rings (SSSR count). The molecule has 0 aliphatic rings. The SMILES string of the molecule is COCc1cn(C[C@H](O)c2ccc(Br)cc2)nn1. The maximum absolute atomic E-state index is 10.1. The van der Waals surface area contributed by atoms with Crippen molar-refractivity contribution in [3.05, 3.63) is 46.2 Å². The average molecular weight is 312 g/mol. The third kappa shape index (κ3) is 3.38. The highest BCUT2D eigenvalue weighted by Crippen LogP contribution is 2.18. The number of hydrogen-bond acceptors (Lipinski definition) is 4. The van der Waals surface area contributed by atoms with Gasteiger partial charge in [-0.15, -0.1) is 5.10 Å². The Morgan fingerprint density at radius 3 is 2.78 bits per heavy atom. The van der Waals surface area contributed by atoms with Crippen molar-refractivity contribution in [3.63, 3.8) is 0 Å². The van der Waals surface area contributed by atoms with Crippen molar-refractivity contribution in [2.75, 3.05) is 7.11 Å². The number of aliphatic hydroxyl groups is 1. The van der Waals surface area contributed by atoms with Crippen LogP contribution in [0.2, 0.25) is 0 Å². The maximum atomic E-state index is 10.1. The monoisotopic (exact) mass is 311 g/mol. The zero-order valence-corrected chi connectivity index (χ0v) is 11.5. The summed E-state index contributed by atoms with van der Waals surface area (Å²) >= 11 is 3.36. The Balaban J connectivity index is 2.01. The van der Waals surface area contributed by atoms with Crippen LogP contribution in [0.5, 0.6) is 0 Å². The molecule has 1 aromatic heterocycles. The van der Waals surface area contributed by atoms with Gasteiger partial charge in [0, 0.05) is 11.6 Å². The molecule has 0 aliphatic carbocycles. The van der Waals surface area contributed by atoms with Crippen molar-refractivity contribution in [1.29, 1.82) is 0 Å². The third-order valence-corrected chi connectivity index (χ3v) is 3.02. The van der Waals surface area contributed by atoms with Gasteiger partial charge >= 0.3 is 0 Å². The number of aromatic nitrogens is 3. The summed E-state index contributed by atoms with van der Waals surface area (Å²) in [5.41, 5.74) is 1.60. The zero-order valence-electron chi connectivity index (χ0n) is 9.95. The van der Waals surface area contributed by atoms with Gasteiger partial charge in [-0.25, -0.2) is 4.68 Å². The molecule has 1 atom stereocenters. The quantitative estimate of drug-likeness (QED) is 0.916. The number of hydrogen-bond donors (Lipinski definition) is 1. The van der Waals surface area contributed by atoms with Gasteiger partial charge in [0.1, 0.15) is 5.69 Å². The van der Waals surface area contributed by atoms with Gasteiger partial charge in [-0.1, -0.05) is 33.3 Å². The largest absolute Gasteiger partial charge is 0.386 e. The molecule has 0 saturated heterocycles. The highest BCUT2D eigenvalue weighted by atomic mass is 79.9. The predicted molar refractivity (Wildman–Crippen MR) is 69.8 cm³/mol. The van der Waals surface area contributed by atoms with E-state index in [1.165, 1.54) is 0 Å². The number of benzene rings is 1. The number of nitrogens with zero attached hydrogens (tertiary/aromatic N) is 3. The Morgan fingerprint density at radius 2 is 2.11 bits per heavy atom. The molecule has 0 spiro atoms. The summed E-state index contributed by atoms with van der Waals surface area (Å²) in [7, 11) is 1.61. The first-order chi connectivity index (χ1) is 8.69. The van der Waals surface area contributed by atoms with Crippen LogP contribution in [-0.4, -0.2) is 27.2 Å². The molecule has 1 N–H and O–H groups in total. The van der Waals surface area contributed by atoms with Gasteiger partial charge < -0.3 is 9.84 Å². The van der Waals surface area contributed by atoms with Crippen LogP contribution >= 0.6 is 15.9 Å². The molecule has 2 aromatic rings. The average Bonchev–Trinajstić information content (AvgIpc) is 2.78. The molecule has 96 valence electrons. The lowest BCUT2D eigenvalue weighted by molar-refractivity contribution is 0.150. The minimum atomic E-state index is -0.602. The summed E-state index contributed by atoms with van der Waals surface area (Å²) in [5.74, 6) is 0. The number of rotatable bonds is 5. The van der Waals surface area contributed by atoms with Gasteiger partial charge in [0.2, 0.25) is 0 Å². The lowest BCUT2D eigenvalue weighted by Gasteiger charge is -2.10. The van der Waals surface area contributed by atoms with Crippen LogP contribution in [0.15, 0.2) is 34.9 Å². The Hall–Kier alpha value is -1.24. The summed E-state index contributed by atoms with van der Waals surface area (Å²) in [4.78, 5) is 0. The molecule has 18 heavy (non-hydrogen) atoms. The van der Waals surface area contributed by atoms with Crippen LogP contribution < -0.4 is 0 Å². The lowest BCUT2D eigenvalue weighted by Crippen LogP contribution is -2.09. The Kier molecular flexibility index (Phi) is 4.46. The molecular weight excluding hydrogens is 298 g/mol. The van der Waals surface area contributed by atoms with E-state index < -0.39 is 6.10 Å². The molecule has 1 aromatic carbocycles. The second-order valence-electron chi connectivity index (χ2n) is 3.93. The van der Waals surface area contributed by atoms with Gasteiger partial charge in [-0.3, -0.25) is 0 Å². The fraction of sp³-hybridized carbons (Fsp3) is 0.333. The standard InChI is InChI=1S/C12H14BrN3O2/c1-18-8-11-6-16(15-14-11)7-12(17)9-2-4-10(13)5-3-9/h2-6,12,17H,7-8H2,1H3/t12-/m0/s1. The van der Waals surface area contributed by atoms with Crippen LogP contribution in [0.25, 0.3) is 0 Å². The highest BCUT2D eigenvalue weighted by Gasteiger charge is 2.09. The van der Waals surface area contributed by atoms with Crippen molar-refractivity contribution in [1.82, 2.24) is 15.0 Å². The summed E-state index contributed by atoms with van der Waals surface area (Å²) in [5, 5.41) is 17.9. The first-order valence-corrected chi connectivity index (χ1v) is 6.30. The molecule has 0 saturated carbocycles. The number of ether oxygens (including phenoxy) is 1. The normalized spacial score (nSPS) is 12.6. The van der Waals surface area contributed by atoms with E-state index in [1.54, 1.807) is 18.0 Å². The first-order valence-electron chi connectivity index (χ1n) is 5.50. The van der Waals surface area contributed by atoms with Crippen LogP contribution in [0, 0.1) is 0 Å². The molecule has 0 aliphatic heterocycles. The van der Waals surface area contributed by atoms with E-state index in [1.807, 2.05) is 24.3 Å². The molecule has 0 fully saturated rings. The zero-order chi connectivity index (χ0) is 13.0. The van der Waals surface area contributed by atoms with Crippen molar-refractivity contribution in [2.24, 2.45) is 0 Å². The highest BCUT2D eigenvalue weighted by molar-refractivity contribution is 9.10. The molecular formula is C12H14BrN3O2. The van der Waals surface area contributed by atoms with Gasteiger partial charge in [0.15, 0.2) is 0 Å². The van der Waals surface area contributed by atoms with E-state index >= 15 is 0 Å². The molecule has 0 bridgehead atoms. The van der Waals surface area contributed by atoms with Crippen molar-refractivity contribution >= 4 is 15.9 Å². The van der Waals surface area contributed by atoms with Crippen molar-refractivity contribution in [2.45, 2.75) is 19.3 Å². The molecule has 6 heteroatoms. The van der Waals surface area contributed by atoms with E-state index in [0.29, 0.717) is 13.2 Å². The van der Waals surface area contributed by atoms with Crippen LogP contribution in [0.1, 0.15) is 17.4 Å². The first kappa shape index (κ1) is 13.2. The third-order valence-electron chi connectivity index (χ3n) is 2.49. The number of methoxy groups -OCH3 is 1. The maximum Gasteiger partial charge on any atom is 0.108 e. The smallest absolute Gasteiger partial charge is 0.108 e. The second kappa shape index (κ2) is 6.08. The summed E-state index contributed by atoms with van der Waals surface area (Å²) in [6.07, 6.45) is 1.17. The van der Waals surface area contributed by atoms with E-state index in [-0.39, 0.29) is 0 Å². The Morgan fingerprint density at radius 1 is 1.39 bits per heavy atom. The Labute approximate surface area is 114 Å². The molecule has 0 unspecified atom stereocenters. The topological polar surface area (TPSA) is 60.2 Å². The van der Waals surface area contributed by atoms with Gasteiger partial charge in [-0.05, 0) is 17.7 Å². The second-order valence-corrected chi connectivity index (χ2v) is 4.85. The fourth-order valence-electron chi connectivity index (χ4n) is 1.61. The predicted octanol–water partition coefficient (Wildman–Crippen LogP) is 1.92. The number of aliphatic hydroxyl groups excluding tert-OH is 1. The van der Waals surface area contributed by atoms with E-state index in [2.05, 4.69) is 26.2 Å². The van der Waals surface area contributed by atoms with Gasteiger partial charge in [0.25, 0.3) is 0 Å². The van der Waals surface area contributed by atoms with E-state index in [4.69, 9.17) is 4.74 Å². The van der Waals surface area contributed by atoms with Gasteiger partial charge in [-0.2, -0.15) is 0 Å². The summed E-state index contributed by atoms with van der Waals surface area (Å²) in [6.45, 7) is 0.798. The minimum absolute atomic E-state index is 0.373. The number of halogens is 1. The van der Waals surface area contributed by atoms with E-state index in [9.17, 15) is 5.11 Å². The van der Waals surface area contributed by atoms with Crippen LogP contribution in [0.4, 0.5) is 0 Å². The van der Waals surface area contributed by atoms with Crippen molar-refractivity contribution < 1.29 is 9.84 Å². The lowest BCUT2D eigenvalue weighted by atomic mass is 10.1. The molecule has 0 amide bonds. The summed E-state index contributed by atoms with van der Waals surface area (Å²) in [6, 6.07) is 7.55. The minimum Gasteiger partial charge on any atom is -0.386 e. The van der Waals surface area contributed by atoms with Crippen LogP contribution in [0.3, 0.4) is 0 Å². The molecule has 5 nitrogen and oxygen atoms in total. The fourth-order valence-corrected chi connectivity index (χ4v) is 1.87. The molecule has 0 radical (unpaired) electrons. The van der Waals surface area contributed by atoms with Crippen molar-refractivity contribution in [3.8, 4) is 0 Å². The Bertz CT molecular complexity index is 498. The molecule has 1 heterocycles.